The highest BCUT2D eigenvalue weighted by molar-refractivity contribution is 5.54. The summed E-state index contributed by atoms with van der Waals surface area (Å²) in [6.45, 7) is 2.06. The van der Waals surface area contributed by atoms with Crippen molar-refractivity contribution < 1.29 is 0 Å². The summed E-state index contributed by atoms with van der Waals surface area (Å²) >= 11 is 0. The minimum Gasteiger partial charge on any atom is -0.360 e. The van der Waals surface area contributed by atoms with Gasteiger partial charge >= 0.3 is 0 Å². The predicted octanol–water partition coefficient (Wildman–Crippen LogP) is 2.39. The van der Waals surface area contributed by atoms with Crippen molar-refractivity contribution in [2.24, 2.45) is 0 Å². The normalized spacial score (nSPS) is 10.1. The molecule has 0 saturated carbocycles. The fourth-order valence-corrected chi connectivity index (χ4v) is 1.17. The van der Waals surface area contributed by atoms with E-state index in [1.54, 1.807) is 6.20 Å². The molecule has 2 heteroatoms. The van der Waals surface area contributed by atoms with E-state index in [1.165, 1.54) is 5.56 Å². The topological polar surface area (TPSA) is 28.7 Å². The monoisotopic (exact) mass is 158 g/mol. The number of aryl methyl sites for hydroxylation is 1. The molecule has 0 aliphatic carbocycles. The molecular weight excluding hydrogens is 148 g/mol. The Morgan fingerprint density at radius 3 is 2.83 bits per heavy atom. The first-order valence-electron chi connectivity index (χ1n) is 3.93. The van der Waals surface area contributed by atoms with E-state index in [-0.39, 0.29) is 0 Å². The summed E-state index contributed by atoms with van der Waals surface area (Å²) in [5, 5.41) is 0. The number of H-pyrrole nitrogens is 1. The van der Waals surface area contributed by atoms with Crippen molar-refractivity contribution in [3.63, 3.8) is 0 Å². The average molecular weight is 158 g/mol. The van der Waals surface area contributed by atoms with Crippen LogP contribution in [0.25, 0.3) is 11.4 Å². The van der Waals surface area contributed by atoms with Crippen molar-refractivity contribution in [1.82, 2.24) is 9.97 Å². The third kappa shape index (κ3) is 1.23. The van der Waals surface area contributed by atoms with Crippen molar-refractivity contribution in [2.75, 3.05) is 0 Å². The summed E-state index contributed by atoms with van der Waals surface area (Å²) in [4.78, 5) is 7.39. The standard InChI is InChI=1S/C10H10N2/c1-8-6-10(12-7-8)9-4-2-3-5-11-9/h2-7,12H,1H3. The highest BCUT2D eigenvalue weighted by Crippen LogP contribution is 2.14. The van der Waals surface area contributed by atoms with Crippen LogP contribution >= 0.6 is 0 Å². The van der Waals surface area contributed by atoms with Crippen molar-refractivity contribution in [1.29, 1.82) is 0 Å². The zero-order valence-electron chi connectivity index (χ0n) is 6.91. The molecule has 0 saturated heterocycles. The maximum absolute atomic E-state index is 4.23. The molecule has 0 amide bonds. The van der Waals surface area contributed by atoms with Gasteiger partial charge in [-0.1, -0.05) is 6.07 Å². The Labute approximate surface area is 71.3 Å². The molecule has 2 rings (SSSR count). The van der Waals surface area contributed by atoms with E-state index in [0.717, 1.165) is 11.4 Å². The van der Waals surface area contributed by atoms with Gasteiger partial charge in [-0.3, -0.25) is 4.98 Å². The molecule has 60 valence electrons. The Hall–Kier alpha value is -1.57. The Morgan fingerprint density at radius 1 is 1.33 bits per heavy atom. The first-order valence-corrected chi connectivity index (χ1v) is 3.93. The molecular formula is C10H10N2. The van der Waals surface area contributed by atoms with Gasteiger partial charge in [0.05, 0.1) is 11.4 Å². The van der Waals surface area contributed by atoms with Crippen LogP contribution in [-0.2, 0) is 0 Å². The second-order valence-corrected chi connectivity index (χ2v) is 2.81. The third-order valence-corrected chi connectivity index (χ3v) is 1.77. The summed E-state index contributed by atoms with van der Waals surface area (Å²) in [6, 6.07) is 7.98. The smallest absolute Gasteiger partial charge is 0.0864 e. The van der Waals surface area contributed by atoms with E-state index in [9.17, 15) is 0 Å². The van der Waals surface area contributed by atoms with E-state index in [0.29, 0.717) is 0 Å². The summed E-state index contributed by atoms with van der Waals surface area (Å²) in [5.74, 6) is 0. The predicted molar refractivity (Wildman–Crippen MR) is 48.8 cm³/mol. The van der Waals surface area contributed by atoms with E-state index >= 15 is 0 Å². The molecule has 0 atom stereocenters. The van der Waals surface area contributed by atoms with E-state index in [4.69, 9.17) is 0 Å². The lowest BCUT2D eigenvalue weighted by Gasteiger charge is -1.93. The highest BCUT2D eigenvalue weighted by atomic mass is 14.8. The molecule has 12 heavy (non-hydrogen) atoms. The lowest BCUT2D eigenvalue weighted by Crippen LogP contribution is -1.79. The largest absolute Gasteiger partial charge is 0.360 e. The van der Waals surface area contributed by atoms with Gasteiger partial charge in [0, 0.05) is 12.4 Å². The van der Waals surface area contributed by atoms with Gasteiger partial charge in [0.2, 0.25) is 0 Å². The van der Waals surface area contributed by atoms with Gasteiger partial charge in [-0.25, -0.2) is 0 Å². The summed E-state index contributed by atoms with van der Waals surface area (Å²) in [7, 11) is 0. The van der Waals surface area contributed by atoms with Gasteiger partial charge in [-0.15, -0.1) is 0 Å². The molecule has 0 spiro atoms. The van der Waals surface area contributed by atoms with E-state index < -0.39 is 0 Å². The zero-order chi connectivity index (χ0) is 8.39. The van der Waals surface area contributed by atoms with Gasteiger partial charge in [-0.05, 0) is 30.7 Å². The minimum atomic E-state index is 0.991. The molecule has 0 aliphatic heterocycles. The Bertz CT molecular complexity index is 362. The van der Waals surface area contributed by atoms with Crippen LogP contribution in [0.1, 0.15) is 5.56 Å². The molecule has 0 unspecified atom stereocenters. The van der Waals surface area contributed by atoms with Crippen molar-refractivity contribution >= 4 is 0 Å². The van der Waals surface area contributed by atoms with Gasteiger partial charge in [0.15, 0.2) is 0 Å². The number of aromatic nitrogens is 2. The van der Waals surface area contributed by atoms with Crippen LogP contribution < -0.4 is 0 Å². The fraction of sp³-hybridized carbons (Fsp3) is 0.100. The van der Waals surface area contributed by atoms with Crippen LogP contribution in [0.15, 0.2) is 36.7 Å². The zero-order valence-corrected chi connectivity index (χ0v) is 6.91. The van der Waals surface area contributed by atoms with Crippen LogP contribution in [-0.4, -0.2) is 9.97 Å². The SMILES string of the molecule is Cc1c[nH]c(-c2ccccn2)c1. The third-order valence-electron chi connectivity index (χ3n) is 1.77. The molecule has 0 radical (unpaired) electrons. The molecule has 2 nitrogen and oxygen atoms in total. The van der Waals surface area contributed by atoms with Crippen LogP contribution in [0.3, 0.4) is 0 Å². The first-order chi connectivity index (χ1) is 5.86. The Morgan fingerprint density at radius 2 is 2.25 bits per heavy atom. The number of hydrogen-bond acceptors (Lipinski definition) is 1. The Balaban J connectivity index is 2.45. The van der Waals surface area contributed by atoms with Crippen LogP contribution in [0, 0.1) is 6.92 Å². The van der Waals surface area contributed by atoms with Gasteiger partial charge in [-0.2, -0.15) is 0 Å². The van der Waals surface area contributed by atoms with Crippen LogP contribution in [0.5, 0.6) is 0 Å². The Kier molecular flexibility index (Phi) is 1.67. The average Bonchev–Trinajstić information content (AvgIpc) is 2.54. The maximum Gasteiger partial charge on any atom is 0.0864 e. The number of rotatable bonds is 1. The first kappa shape index (κ1) is 7.10. The second kappa shape index (κ2) is 2.81. The lowest BCUT2D eigenvalue weighted by atomic mass is 10.2. The minimum absolute atomic E-state index is 0.991. The van der Waals surface area contributed by atoms with Gasteiger partial charge < -0.3 is 4.98 Å². The number of aromatic amines is 1. The molecule has 0 aliphatic rings. The van der Waals surface area contributed by atoms with Crippen molar-refractivity contribution in [3.8, 4) is 11.4 Å². The van der Waals surface area contributed by atoms with Gasteiger partial charge in [0.25, 0.3) is 0 Å². The molecule has 0 fully saturated rings. The van der Waals surface area contributed by atoms with E-state index in [1.807, 2.05) is 24.4 Å². The number of pyridine rings is 1. The summed E-state index contributed by atoms with van der Waals surface area (Å²) < 4.78 is 0. The maximum atomic E-state index is 4.23. The quantitative estimate of drug-likeness (QED) is 0.678. The van der Waals surface area contributed by atoms with Crippen LogP contribution in [0.4, 0.5) is 0 Å². The molecule has 2 aromatic rings. The molecule has 0 aromatic carbocycles. The van der Waals surface area contributed by atoms with Crippen molar-refractivity contribution in [2.45, 2.75) is 6.92 Å². The van der Waals surface area contributed by atoms with E-state index in [2.05, 4.69) is 23.0 Å². The van der Waals surface area contributed by atoms with Crippen molar-refractivity contribution in [3.05, 3.63) is 42.2 Å². The summed E-state index contributed by atoms with van der Waals surface area (Å²) in [5.41, 5.74) is 3.30. The second-order valence-electron chi connectivity index (χ2n) is 2.81. The molecule has 2 aromatic heterocycles. The highest BCUT2D eigenvalue weighted by Gasteiger charge is 1.98. The molecule has 0 bridgehead atoms. The lowest BCUT2D eigenvalue weighted by molar-refractivity contribution is 1.28. The molecule has 2 heterocycles. The van der Waals surface area contributed by atoms with Gasteiger partial charge in [0.1, 0.15) is 0 Å². The van der Waals surface area contributed by atoms with Crippen LogP contribution in [0.2, 0.25) is 0 Å². The molecule has 1 N–H and O–H groups in total. The number of hydrogen-bond donors (Lipinski definition) is 1. The fourth-order valence-electron chi connectivity index (χ4n) is 1.17. The summed E-state index contributed by atoms with van der Waals surface area (Å²) in [6.07, 6.45) is 3.77. The number of nitrogens with zero attached hydrogens (tertiary/aromatic N) is 1. The number of nitrogens with one attached hydrogen (secondary N) is 1.